The van der Waals surface area contributed by atoms with Crippen molar-refractivity contribution in [1.29, 1.82) is 0 Å². The van der Waals surface area contributed by atoms with Crippen molar-refractivity contribution in [2.24, 2.45) is 0 Å². The minimum Gasteiger partial charge on any atom is -0.491 e. The van der Waals surface area contributed by atoms with E-state index in [1.807, 2.05) is 58.0 Å². The van der Waals surface area contributed by atoms with Crippen LogP contribution in [0.2, 0.25) is 0 Å². The second-order valence-corrected chi connectivity index (χ2v) is 9.99. The van der Waals surface area contributed by atoms with E-state index in [0.29, 0.717) is 5.69 Å². The molecule has 0 aliphatic rings. The molecule has 0 aromatic heterocycles. The second-order valence-electron chi connectivity index (χ2n) is 8.13. The fourth-order valence-electron chi connectivity index (χ4n) is 3.36. The van der Waals surface area contributed by atoms with Crippen LogP contribution in [0, 0.1) is 27.7 Å². The van der Waals surface area contributed by atoms with E-state index in [1.54, 1.807) is 36.4 Å². The first-order chi connectivity index (χ1) is 15.7. The molecule has 0 aliphatic carbocycles. The molecule has 0 saturated heterocycles. The number of hydrogen-bond acceptors (Lipinski definition) is 4. The van der Waals surface area contributed by atoms with Crippen LogP contribution in [0.4, 0.5) is 5.69 Å². The summed E-state index contributed by atoms with van der Waals surface area (Å²) < 4.78 is 33.6. The van der Waals surface area contributed by atoms with Gasteiger partial charge in [0.25, 0.3) is 10.0 Å². The van der Waals surface area contributed by atoms with Gasteiger partial charge < -0.3 is 10.1 Å². The largest absolute Gasteiger partial charge is 0.491 e. The molecular weight excluding hydrogens is 436 g/mol. The van der Waals surface area contributed by atoms with Gasteiger partial charge in [-0.15, -0.1) is 0 Å². The number of benzene rings is 3. The first-order valence-electron chi connectivity index (χ1n) is 10.8. The van der Waals surface area contributed by atoms with Gasteiger partial charge in [-0.1, -0.05) is 53.1 Å². The predicted octanol–water partition coefficient (Wildman–Crippen LogP) is 4.31. The third kappa shape index (κ3) is 6.35. The number of rotatable bonds is 9. The monoisotopic (exact) mass is 466 g/mol. The van der Waals surface area contributed by atoms with Crippen LogP contribution in [0.15, 0.2) is 71.6 Å². The summed E-state index contributed by atoms with van der Waals surface area (Å²) in [6.07, 6.45) is 0. The lowest BCUT2D eigenvalue weighted by molar-refractivity contribution is -0.119. The molecule has 0 aliphatic heterocycles. The lowest BCUT2D eigenvalue weighted by Crippen LogP contribution is -2.41. The number of carbonyl (C=O) groups is 1. The van der Waals surface area contributed by atoms with Crippen LogP contribution in [0.5, 0.6) is 5.75 Å². The van der Waals surface area contributed by atoms with Crippen molar-refractivity contribution in [3.63, 3.8) is 0 Å². The van der Waals surface area contributed by atoms with E-state index in [-0.39, 0.29) is 24.6 Å². The summed E-state index contributed by atoms with van der Waals surface area (Å²) in [6.45, 7) is 8.01. The highest BCUT2D eigenvalue weighted by Crippen LogP contribution is 2.24. The summed E-state index contributed by atoms with van der Waals surface area (Å²) in [5, 5.41) is 2.76. The van der Waals surface area contributed by atoms with Gasteiger partial charge in [-0.25, -0.2) is 8.42 Å². The minimum atomic E-state index is -3.92. The van der Waals surface area contributed by atoms with Crippen LogP contribution < -0.4 is 14.4 Å². The van der Waals surface area contributed by atoms with E-state index in [2.05, 4.69) is 5.32 Å². The van der Waals surface area contributed by atoms with E-state index >= 15 is 0 Å². The third-order valence-corrected chi connectivity index (χ3v) is 7.02. The zero-order chi connectivity index (χ0) is 24.0. The molecule has 0 atom stereocenters. The van der Waals surface area contributed by atoms with E-state index in [0.717, 1.165) is 32.3 Å². The maximum absolute atomic E-state index is 13.4. The molecule has 3 aromatic rings. The lowest BCUT2D eigenvalue weighted by atomic mass is 10.1. The Kier molecular flexibility index (Phi) is 7.76. The normalized spacial score (nSPS) is 11.2. The molecule has 3 aromatic carbocycles. The van der Waals surface area contributed by atoms with Crippen molar-refractivity contribution < 1.29 is 17.9 Å². The smallest absolute Gasteiger partial charge is 0.264 e. The topological polar surface area (TPSA) is 75.7 Å². The van der Waals surface area contributed by atoms with Crippen LogP contribution in [0.25, 0.3) is 0 Å². The maximum Gasteiger partial charge on any atom is 0.264 e. The van der Waals surface area contributed by atoms with Crippen molar-refractivity contribution in [3.05, 3.63) is 89.0 Å². The Balaban J connectivity index is 1.69. The fourth-order valence-corrected chi connectivity index (χ4v) is 4.78. The summed E-state index contributed by atoms with van der Waals surface area (Å²) in [7, 11) is -3.92. The molecular formula is C26H30N2O4S. The predicted molar refractivity (Wildman–Crippen MR) is 131 cm³/mol. The number of amides is 1. The molecule has 0 heterocycles. The highest BCUT2D eigenvalue weighted by molar-refractivity contribution is 7.92. The molecule has 3 rings (SSSR count). The Morgan fingerprint density at radius 2 is 1.42 bits per heavy atom. The first kappa shape index (κ1) is 24.3. The molecule has 1 amide bonds. The van der Waals surface area contributed by atoms with Crippen molar-refractivity contribution in [2.45, 2.75) is 32.6 Å². The van der Waals surface area contributed by atoms with E-state index in [9.17, 15) is 13.2 Å². The molecule has 33 heavy (non-hydrogen) atoms. The molecule has 0 radical (unpaired) electrons. The zero-order valence-corrected chi connectivity index (χ0v) is 20.3. The summed E-state index contributed by atoms with van der Waals surface area (Å²) in [5.41, 5.74) is 4.56. The highest BCUT2D eigenvalue weighted by atomic mass is 32.2. The number of aryl methyl sites for hydroxylation is 4. The van der Waals surface area contributed by atoms with Crippen LogP contribution in [-0.4, -0.2) is 34.0 Å². The van der Waals surface area contributed by atoms with E-state index < -0.39 is 15.9 Å². The van der Waals surface area contributed by atoms with Gasteiger partial charge in [0.05, 0.1) is 17.1 Å². The van der Waals surface area contributed by atoms with Gasteiger partial charge in [-0.05, 0) is 63.6 Å². The molecule has 7 heteroatoms. The van der Waals surface area contributed by atoms with Gasteiger partial charge in [-0.3, -0.25) is 9.10 Å². The molecule has 0 unspecified atom stereocenters. The molecule has 0 bridgehead atoms. The number of nitrogens with zero attached hydrogens (tertiary/aromatic N) is 1. The quantitative estimate of drug-likeness (QED) is 0.477. The summed E-state index contributed by atoms with van der Waals surface area (Å²) >= 11 is 0. The Morgan fingerprint density at radius 3 is 2.03 bits per heavy atom. The fraction of sp³-hybridized carbons (Fsp3) is 0.269. The van der Waals surface area contributed by atoms with Gasteiger partial charge in [-0.2, -0.15) is 0 Å². The average Bonchev–Trinajstić information content (AvgIpc) is 2.77. The third-order valence-electron chi connectivity index (χ3n) is 5.23. The van der Waals surface area contributed by atoms with Crippen molar-refractivity contribution in [1.82, 2.24) is 5.32 Å². The number of anilines is 1. The zero-order valence-electron chi connectivity index (χ0n) is 19.5. The molecule has 1 N–H and O–H groups in total. The standard InChI is InChI=1S/C26H30N2O4S/c1-19-5-10-23(11-6-19)28(33(30,31)24-12-7-20(2)8-13-24)18-26(29)27-15-16-32-25-14-9-21(3)17-22(25)4/h5-14,17H,15-16,18H2,1-4H3,(H,27,29). The Morgan fingerprint density at radius 1 is 0.848 bits per heavy atom. The lowest BCUT2D eigenvalue weighted by Gasteiger charge is -2.24. The van der Waals surface area contributed by atoms with Gasteiger partial charge in [0.15, 0.2) is 0 Å². The van der Waals surface area contributed by atoms with Crippen molar-refractivity contribution >= 4 is 21.6 Å². The van der Waals surface area contributed by atoms with E-state index in [4.69, 9.17) is 4.74 Å². The van der Waals surface area contributed by atoms with Crippen LogP contribution in [0.1, 0.15) is 22.3 Å². The van der Waals surface area contributed by atoms with Gasteiger partial charge >= 0.3 is 0 Å². The average molecular weight is 467 g/mol. The summed E-state index contributed by atoms with van der Waals surface area (Å²) in [4.78, 5) is 12.8. The van der Waals surface area contributed by atoms with Crippen LogP contribution >= 0.6 is 0 Å². The Labute approximate surface area is 196 Å². The van der Waals surface area contributed by atoms with Crippen LogP contribution in [0.3, 0.4) is 0 Å². The molecule has 174 valence electrons. The minimum absolute atomic E-state index is 0.139. The van der Waals surface area contributed by atoms with Gasteiger partial charge in [0.1, 0.15) is 18.9 Å². The molecule has 0 spiro atoms. The number of hydrogen-bond donors (Lipinski definition) is 1. The summed E-state index contributed by atoms with van der Waals surface area (Å²) in [5.74, 6) is 0.355. The van der Waals surface area contributed by atoms with Gasteiger partial charge in [0.2, 0.25) is 5.91 Å². The van der Waals surface area contributed by atoms with E-state index in [1.165, 1.54) is 0 Å². The second kappa shape index (κ2) is 10.5. The highest BCUT2D eigenvalue weighted by Gasteiger charge is 2.27. The molecule has 0 fully saturated rings. The number of sulfonamides is 1. The van der Waals surface area contributed by atoms with Crippen LogP contribution in [-0.2, 0) is 14.8 Å². The summed E-state index contributed by atoms with van der Waals surface area (Å²) in [6, 6.07) is 19.6. The number of ether oxygens (including phenoxy) is 1. The Bertz CT molecular complexity index is 1200. The van der Waals surface area contributed by atoms with Gasteiger partial charge in [0, 0.05) is 0 Å². The Hall–Kier alpha value is -3.32. The SMILES string of the molecule is Cc1ccc(N(CC(=O)NCCOc2ccc(C)cc2C)S(=O)(=O)c2ccc(C)cc2)cc1. The number of carbonyl (C=O) groups excluding carboxylic acids is 1. The maximum atomic E-state index is 13.4. The first-order valence-corrected chi connectivity index (χ1v) is 12.2. The van der Waals surface area contributed by atoms with Crippen molar-refractivity contribution in [2.75, 3.05) is 24.0 Å². The molecule has 0 saturated carbocycles. The molecule has 6 nitrogen and oxygen atoms in total. The van der Waals surface area contributed by atoms with Crippen molar-refractivity contribution in [3.8, 4) is 5.75 Å². The number of nitrogens with one attached hydrogen (secondary N) is 1.